The second-order valence-corrected chi connectivity index (χ2v) is 9.26. The van der Waals surface area contributed by atoms with Crippen LogP contribution < -0.4 is 9.47 Å². The Morgan fingerprint density at radius 1 is 1.16 bits per heavy atom. The molecule has 0 radical (unpaired) electrons. The van der Waals surface area contributed by atoms with Crippen LogP contribution in [0.2, 0.25) is 0 Å². The Labute approximate surface area is 186 Å². The van der Waals surface area contributed by atoms with Crippen LogP contribution in [-0.4, -0.2) is 37.9 Å². The van der Waals surface area contributed by atoms with Gasteiger partial charge in [0.2, 0.25) is 0 Å². The predicted molar refractivity (Wildman–Crippen MR) is 118 cm³/mol. The van der Waals surface area contributed by atoms with E-state index in [-0.39, 0.29) is 52.9 Å². The zero-order valence-corrected chi connectivity index (χ0v) is 18.6. The number of Topliss-reactive ketones (excluding diaryl/α,β-unsaturated/α-hetero) is 1. The van der Waals surface area contributed by atoms with Crippen LogP contribution in [0.4, 0.5) is 0 Å². The number of benzene rings is 2. The van der Waals surface area contributed by atoms with E-state index in [1.54, 1.807) is 19.9 Å². The Kier molecular flexibility index (Phi) is 5.33. The van der Waals surface area contributed by atoms with Gasteiger partial charge in [-0.05, 0) is 40.2 Å². The Balaban J connectivity index is 1.85. The maximum Gasteiger partial charge on any atom is 0.174 e. The lowest BCUT2D eigenvalue weighted by atomic mass is 9.84. The van der Waals surface area contributed by atoms with Crippen LogP contribution in [0.25, 0.3) is 0 Å². The van der Waals surface area contributed by atoms with Gasteiger partial charge in [-0.25, -0.2) is 0 Å². The number of aromatic hydroxyl groups is 3. The summed E-state index contributed by atoms with van der Waals surface area (Å²) in [6.45, 7) is 7.44. The molecule has 2 aromatic rings. The van der Waals surface area contributed by atoms with Gasteiger partial charge in [-0.3, -0.25) is 4.79 Å². The lowest BCUT2D eigenvalue weighted by molar-refractivity contribution is -0.0433. The standard InChI is InChI=1S/C25H28O7/c1-12(2)5-6-13-7-15(16-10-21(29)25(3,4)32-24(16)23(13)30)19-11-18(28)22-17(27)8-14(26)9-20(22)31-19/h5,7-9,19,21,26-27,29-30H,6,10-11H2,1-4H3. The van der Waals surface area contributed by atoms with Crippen molar-refractivity contribution in [1.82, 2.24) is 0 Å². The number of phenols is 3. The van der Waals surface area contributed by atoms with Gasteiger partial charge in [0.15, 0.2) is 17.3 Å². The Morgan fingerprint density at radius 3 is 2.56 bits per heavy atom. The Bertz CT molecular complexity index is 1130. The molecule has 2 aliphatic rings. The number of ketones is 1. The summed E-state index contributed by atoms with van der Waals surface area (Å²) < 4.78 is 12.1. The SMILES string of the molecule is CC(C)=CCc1cc(C2CC(=O)c3c(O)cc(O)cc3O2)c2c(c1O)OC(C)(C)C(O)C2. The van der Waals surface area contributed by atoms with E-state index in [1.807, 2.05) is 19.9 Å². The molecule has 0 bridgehead atoms. The summed E-state index contributed by atoms with van der Waals surface area (Å²) in [5.74, 6) is -0.476. The number of aliphatic hydroxyl groups excluding tert-OH is 1. The first-order valence-electron chi connectivity index (χ1n) is 10.6. The normalized spacial score (nSPS) is 21.1. The maximum atomic E-state index is 12.8. The van der Waals surface area contributed by atoms with Crippen molar-refractivity contribution < 1.29 is 34.7 Å². The predicted octanol–water partition coefficient (Wildman–Crippen LogP) is 4.09. The molecule has 32 heavy (non-hydrogen) atoms. The van der Waals surface area contributed by atoms with Crippen LogP contribution in [-0.2, 0) is 12.8 Å². The maximum absolute atomic E-state index is 12.8. The molecule has 4 rings (SSSR count). The number of rotatable bonds is 3. The molecule has 0 aliphatic carbocycles. The molecule has 0 saturated carbocycles. The fourth-order valence-corrected chi connectivity index (χ4v) is 4.21. The van der Waals surface area contributed by atoms with Crippen molar-refractivity contribution >= 4 is 5.78 Å². The number of phenolic OH excluding ortho intramolecular Hbond substituents is 3. The van der Waals surface area contributed by atoms with E-state index in [2.05, 4.69) is 0 Å². The zero-order chi connectivity index (χ0) is 23.4. The number of hydrogen-bond acceptors (Lipinski definition) is 7. The van der Waals surface area contributed by atoms with E-state index in [4.69, 9.17) is 9.47 Å². The molecule has 0 spiro atoms. The largest absolute Gasteiger partial charge is 0.508 e. The second kappa shape index (κ2) is 7.74. The molecule has 0 amide bonds. The number of ether oxygens (including phenoxy) is 2. The van der Waals surface area contributed by atoms with Crippen LogP contribution in [0.15, 0.2) is 29.8 Å². The fraction of sp³-hybridized carbons (Fsp3) is 0.400. The van der Waals surface area contributed by atoms with Crippen molar-refractivity contribution in [2.24, 2.45) is 0 Å². The molecule has 2 atom stereocenters. The molecule has 2 aromatic carbocycles. The number of aliphatic hydroxyl groups is 1. The highest BCUT2D eigenvalue weighted by Crippen LogP contribution is 2.48. The summed E-state index contributed by atoms with van der Waals surface area (Å²) >= 11 is 0. The molecule has 7 heteroatoms. The Hall–Kier alpha value is -3.19. The summed E-state index contributed by atoms with van der Waals surface area (Å²) in [5, 5.41) is 41.6. The van der Waals surface area contributed by atoms with Crippen LogP contribution >= 0.6 is 0 Å². The van der Waals surface area contributed by atoms with Crippen LogP contribution in [0.5, 0.6) is 28.7 Å². The third-order valence-corrected chi connectivity index (χ3v) is 6.10. The fourth-order valence-electron chi connectivity index (χ4n) is 4.21. The minimum Gasteiger partial charge on any atom is -0.508 e. The third-order valence-electron chi connectivity index (χ3n) is 6.10. The second-order valence-electron chi connectivity index (χ2n) is 9.26. The Morgan fingerprint density at radius 2 is 1.88 bits per heavy atom. The van der Waals surface area contributed by atoms with E-state index in [1.165, 1.54) is 6.07 Å². The van der Waals surface area contributed by atoms with Crippen molar-refractivity contribution in [3.63, 3.8) is 0 Å². The topological polar surface area (TPSA) is 116 Å². The first kappa shape index (κ1) is 22.0. The molecule has 2 unspecified atom stereocenters. The molecule has 2 heterocycles. The third kappa shape index (κ3) is 3.77. The van der Waals surface area contributed by atoms with E-state index in [0.29, 0.717) is 23.1 Å². The molecule has 170 valence electrons. The summed E-state index contributed by atoms with van der Waals surface area (Å²) in [6.07, 6.45) is 1.07. The smallest absolute Gasteiger partial charge is 0.174 e. The van der Waals surface area contributed by atoms with Gasteiger partial charge in [-0.15, -0.1) is 0 Å². The lowest BCUT2D eigenvalue weighted by Crippen LogP contribution is -2.46. The average Bonchev–Trinajstić information content (AvgIpc) is 2.68. The van der Waals surface area contributed by atoms with Crippen LogP contribution in [0.1, 0.15) is 67.3 Å². The summed E-state index contributed by atoms with van der Waals surface area (Å²) in [7, 11) is 0. The molecule has 4 N–H and O–H groups in total. The number of carbonyl (C=O) groups is 1. The molecule has 2 aliphatic heterocycles. The van der Waals surface area contributed by atoms with Crippen LogP contribution in [0.3, 0.4) is 0 Å². The van der Waals surface area contributed by atoms with Crippen LogP contribution in [0, 0.1) is 0 Å². The monoisotopic (exact) mass is 440 g/mol. The summed E-state index contributed by atoms with van der Waals surface area (Å²) in [5.41, 5.74) is 2.06. The highest BCUT2D eigenvalue weighted by Gasteiger charge is 2.41. The minimum absolute atomic E-state index is 0.0130. The molecular formula is C25H28O7. The van der Waals surface area contributed by atoms with Gasteiger partial charge in [-0.2, -0.15) is 0 Å². The molecule has 0 aromatic heterocycles. The quantitative estimate of drug-likeness (QED) is 0.531. The van der Waals surface area contributed by atoms with Gasteiger partial charge in [0.05, 0.1) is 12.5 Å². The van der Waals surface area contributed by atoms with Gasteiger partial charge >= 0.3 is 0 Å². The minimum atomic E-state index is -0.899. The first-order valence-corrected chi connectivity index (χ1v) is 10.6. The highest BCUT2D eigenvalue weighted by molar-refractivity contribution is 6.02. The van der Waals surface area contributed by atoms with E-state index < -0.39 is 17.8 Å². The number of fused-ring (bicyclic) bond motifs is 2. The number of carbonyl (C=O) groups excluding carboxylic acids is 1. The number of allylic oxidation sites excluding steroid dienone is 2. The van der Waals surface area contributed by atoms with Gasteiger partial charge in [0.25, 0.3) is 0 Å². The molecule has 0 fully saturated rings. The first-order chi connectivity index (χ1) is 15.0. The molecule has 7 nitrogen and oxygen atoms in total. The van der Waals surface area contributed by atoms with E-state index in [0.717, 1.165) is 11.6 Å². The van der Waals surface area contributed by atoms with Crippen molar-refractivity contribution in [3.05, 3.63) is 52.1 Å². The summed E-state index contributed by atoms with van der Waals surface area (Å²) in [4.78, 5) is 12.8. The lowest BCUT2D eigenvalue weighted by Gasteiger charge is -2.39. The van der Waals surface area contributed by atoms with E-state index in [9.17, 15) is 25.2 Å². The van der Waals surface area contributed by atoms with Crippen molar-refractivity contribution in [2.75, 3.05) is 0 Å². The zero-order valence-electron chi connectivity index (χ0n) is 18.6. The van der Waals surface area contributed by atoms with Gasteiger partial charge in [0, 0.05) is 35.2 Å². The number of hydrogen-bond donors (Lipinski definition) is 4. The van der Waals surface area contributed by atoms with Crippen molar-refractivity contribution in [3.8, 4) is 28.7 Å². The van der Waals surface area contributed by atoms with E-state index >= 15 is 0 Å². The highest BCUT2D eigenvalue weighted by atomic mass is 16.5. The van der Waals surface area contributed by atoms with Crippen molar-refractivity contribution in [2.45, 2.75) is 64.8 Å². The summed E-state index contributed by atoms with van der Waals surface area (Å²) in [6, 6.07) is 4.19. The average molecular weight is 440 g/mol. The molecule has 0 saturated heterocycles. The van der Waals surface area contributed by atoms with Gasteiger partial charge in [-0.1, -0.05) is 11.6 Å². The molecular weight excluding hydrogens is 412 g/mol. The van der Waals surface area contributed by atoms with Gasteiger partial charge in [0.1, 0.15) is 34.5 Å². The van der Waals surface area contributed by atoms with Gasteiger partial charge < -0.3 is 29.9 Å². The van der Waals surface area contributed by atoms with Crippen molar-refractivity contribution in [1.29, 1.82) is 0 Å².